The maximum Gasteiger partial charge on any atom is 0.307 e. The summed E-state index contributed by atoms with van der Waals surface area (Å²) >= 11 is 0. The number of hydrogen-bond donors (Lipinski definition) is 2. The van der Waals surface area contributed by atoms with Crippen molar-refractivity contribution in [3.63, 3.8) is 0 Å². The first-order valence-electron chi connectivity index (χ1n) is 6.13. The van der Waals surface area contributed by atoms with Crippen molar-refractivity contribution in [2.24, 2.45) is 0 Å². The molecule has 2 N–H and O–H groups in total. The fraction of sp³-hybridized carbons (Fsp3) is 0.286. The Hall–Kier alpha value is -2.14. The molecule has 2 aromatic rings. The van der Waals surface area contributed by atoms with E-state index in [0.29, 0.717) is 18.8 Å². The molecular formula is C14H14N2O3. The van der Waals surface area contributed by atoms with Gasteiger partial charge in [0, 0.05) is 30.7 Å². The summed E-state index contributed by atoms with van der Waals surface area (Å²) in [4.78, 5) is 15.2. The van der Waals surface area contributed by atoms with Gasteiger partial charge in [-0.3, -0.25) is 9.78 Å². The molecule has 1 aromatic heterocycles. The van der Waals surface area contributed by atoms with Crippen molar-refractivity contribution in [1.82, 2.24) is 10.3 Å². The number of aliphatic carboxylic acids is 1. The van der Waals surface area contributed by atoms with Crippen LogP contribution in [0.15, 0.2) is 36.5 Å². The van der Waals surface area contributed by atoms with Crippen LogP contribution in [0.2, 0.25) is 0 Å². The summed E-state index contributed by atoms with van der Waals surface area (Å²) in [5, 5.41) is 13.0. The number of benzene rings is 1. The molecule has 0 unspecified atom stereocenters. The molecule has 0 aliphatic carbocycles. The molecular weight excluding hydrogens is 244 g/mol. The minimum Gasteiger partial charge on any atom is -0.484 e. The molecule has 0 atom stereocenters. The first-order chi connectivity index (χ1) is 9.17. The summed E-state index contributed by atoms with van der Waals surface area (Å²) in [7, 11) is 0. The number of hydrogen-bond acceptors (Lipinski definition) is 4. The van der Waals surface area contributed by atoms with Crippen molar-refractivity contribution in [1.29, 1.82) is 0 Å². The smallest absolute Gasteiger partial charge is 0.307 e. The second kappa shape index (κ2) is 4.51. The van der Waals surface area contributed by atoms with Crippen LogP contribution >= 0.6 is 0 Å². The highest BCUT2D eigenvalue weighted by molar-refractivity contribution is 5.79. The zero-order valence-corrected chi connectivity index (χ0v) is 10.3. The number of carboxylic acids is 1. The first kappa shape index (κ1) is 11.9. The highest BCUT2D eigenvalue weighted by Gasteiger charge is 2.41. The molecule has 0 spiro atoms. The number of fused-ring (bicyclic) bond motifs is 1. The minimum absolute atomic E-state index is 0.000253. The Morgan fingerprint density at radius 1 is 1.42 bits per heavy atom. The molecule has 19 heavy (non-hydrogen) atoms. The van der Waals surface area contributed by atoms with Crippen molar-refractivity contribution in [3.05, 3.63) is 36.5 Å². The van der Waals surface area contributed by atoms with Gasteiger partial charge in [0.25, 0.3) is 0 Å². The van der Waals surface area contributed by atoms with Crippen LogP contribution in [0, 0.1) is 0 Å². The predicted octanol–water partition coefficient (Wildman–Crippen LogP) is 1.43. The van der Waals surface area contributed by atoms with Crippen LogP contribution in [0.1, 0.15) is 6.42 Å². The van der Waals surface area contributed by atoms with E-state index in [1.54, 1.807) is 6.20 Å². The Bertz CT molecular complexity index is 623. The van der Waals surface area contributed by atoms with Crippen LogP contribution < -0.4 is 10.1 Å². The van der Waals surface area contributed by atoms with Gasteiger partial charge in [0.1, 0.15) is 11.4 Å². The van der Waals surface area contributed by atoms with Gasteiger partial charge in [-0.2, -0.15) is 0 Å². The molecule has 1 aromatic carbocycles. The Balaban J connectivity index is 1.86. The van der Waals surface area contributed by atoms with E-state index >= 15 is 0 Å². The molecule has 0 amide bonds. The van der Waals surface area contributed by atoms with Gasteiger partial charge in [-0.05, 0) is 18.2 Å². The summed E-state index contributed by atoms with van der Waals surface area (Å²) in [6.07, 6.45) is 1.73. The number of carboxylic acid groups (broad SMARTS) is 1. The van der Waals surface area contributed by atoms with E-state index in [4.69, 9.17) is 9.84 Å². The first-order valence-corrected chi connectivity index (χ1v) is 6.13. The fourth-order valence-corrected chi connectivity index (χ4v) is 2.27. The number of aromatic nitrogens is 1. The second-order valence-electron chi connectivity index (χ2n) is 4.82. The van der Waals surface area contributed by atoms with Crippen molar-refractivity contribution in [2.75, 3.05) is 13.1 Å². The maximum absolute atomic E-state index is 10.9. The number of nitrogens with zero attached hydrogens (tertiary/aromatic N) is 1. The summed E-state index contributed by atoms with van der Waals surface area (Å²) in [6.45, 7) is 1.11. The second-order valence-corrected chi connectivity index (χ2v) is 4.82. The highest BCUT2D eigenvalue weighted by atomic mass is 16.5. The van der Waals surface area contributed by atoms with Crippen LogP contribution in [-0.2, 0) is 4.79 Å². The van der Waals surface area contributed by atoms with Gasteiger partial charge < -0.3 is 15.2 Å². The van der Waals surface area contributed by atoms with E-state index in [9.17, 15) is 4.79 Å². The van der Waals surface area contributed by atoms with Gasteiger partial charge >= 0.3 is 5.97 Å². The fourth-order valence-electron chi connectivity index (χ4n) is 2.27. The topological polar surface area (TPSA) is 71.5 Å². The number of ether oxygens (including phenoxy) is 1. The Labute approximate surface area is 110 Å². The third kappa shape index (κ3) is 2.37. The van der Waals surface area contributed by atoms with E-state index in [2.05, 4.69) is 10.3 Å². The standard InChI is InChI=1S/C14H14N2O3/c17-13(18)7-14(8-15-9-14)19-11-4-3-10-2-1-5-16-12(10)6-11/h1-6,15H,7-9H2,(H,17,18). The molecule has 1 fully saturated rings. The average molecular weight is 258 g/mol. The van der Waals surface area contributed by atoms with E-state index in [0.717, 1.165) is 10.9 Å². The van der Waals surface area contributed by atoms with E-state index in [1.165, 1.54) is 0 Å². The zero-order valence-electron chi connectivity index (χ0n) is 10.3. The van der Waals surface area contributed by atoms with Crippen LogP contribution in [0.3, 0.4) is 0 Å². The third-order valence-electron chi connectivity index (χ3n) is 3.28. The summed E-state index contributed by atoms with van der Waals surface area (Å²) in [5.41, 5.74) is 0.214. The molecule has 5 heteroatoms. The summed E-state index contributed by atoms with van der Waals surface area (Å²) < 4.78 is 5.87. The lowest BCUT2D eigenvalue weighted by Gasteiger charge is -2.41. The van der Waals surface area contributed by atoms with Gasteiger partial charge in [-0.25, -0.2) is 0 Å². The molecule has 0 bridgehead atoms. The number of carbonyl (C=O) groups is 1. The van der Waals surface area contributed by atoms with E-state index < -0.39 is 11.6 Å². The largest absolute Gasteiger partial charge is 0.484 e. The van der Waals surface area contributed by atoms with E-state index in [-0.39, 0.29) is 6.42 Å². The highest BCUT2D eigenvalue weighted by Crippen LogP contribution is 2.27. The minimum atomic E-state index is -0.847. The number of nitrogens with one attached hydrogen (secondary N) is 1. The average Bonchev–Trinajstić information content (AvgIpc) is 2.35. The molecule has 98 valence electrons. The maximum atomic E-state index is 10.9. The lowest BCUT2D eigenvalue weighted by Crippen LogP contribution is -2.64. The van der Waals surface area contributed by atoms with E-state index in [1.807, 2.05) is 30.3 Å². The van der Waals surface area contributed by atoms with Crippen LogP contribution in [-0.4, -0.2) is 34.8 Å². The molecule has 1 saturated heterocycles. The quantitative estimate of drug-likeness (QED) is 0.868. The SMILES string of the molecule is O=C(O)CC1(Oc2ccc3cccnc3c2)CNC1. The third-order valence-corrected chi connectivity index (χ3v) is 3.28. The van der Waals surface area contributed by atoms with Crippen molar-refractivity contribution in [3.8, 4) is 5.75 Å². The summed E-state index contributed by atoms with van der Waals surface area (Å²) in [5.74, 6) is -0.186. The molecule has 2 heterocycles. The van der Waals surface area contributed by atoms with Crippen LogP contribution in [0.4, 0.5) is 0 Å². The van der Waals surface area contributed by atoms with Crippen LogP contribution in [0.25, 0.3) is 10.9 Å². The van der Waals surface area contributed by atoms with Gasteiger partial charge in [-0.1, -0.05) is 6.07 Å². The summed E-state index contributed by atoms with van der Waals surface area (Å²) in [6, 6.07) is 9.48. The molecule has 0 saturated carbocycles. The Kier molecular flexibility index (Phi) is 2.83. The van der Waals surface area contributed by atoms with Gasteiger partial charge in [0.2, 0.25) is 0 Å². The lowest BCUT2D eigenvalue weighted by molar-refractivity contribution is -0.143. The van der Waals surface area contributed by atoms with Crippen molar-refractivity contribution in [2.45, 2.75) is 12.0 Å². The molecule has 1 aliphatic heterocycles. The molecule has 5 nitrogen and oxygen atoms in total. The number of rotatable bonds is 4. The Morgan fingerprint density at radius 3 is 2.95 bits per heavy atom. The van der Waals surface area contributed by atoms with Crippen molar-refractivity contribution >= 4 is 16.9 Å². The van der Waals surface area contributed by atoms with Crippen LogP contribution in [0.5, 0.6) is 5.75 Å². The molecule has 3 rings (SSSR count). The molecule has 1 aliphatic rings. The number of pyridine rings is 1. The monoisotopic (exact) mass is 258 g/mol. The predicted molar refractivity (Wildman–Crippen MR) is 70.2 cm³/mol. The van der Waals surface area contributed by atoms with Gasteiger partial charge in [0.05, 0.1) is 11.9 Å². The normalized spacial score (nSPS) is 16.8. The zero-order chi connectivity index (χ0) is 13.3. The van der Waals surface area contributed by atoms with Crippen molar-refractivity contribution < 1.29 is 14.6 Å². The van der Waals surface area contributed by atoms with Gasteiger partial charge in [0.15, 0.2) is 0 Å². The Morgan fingerprint density at radius 2 is 2.26 bits per heavy atom. The molecule has 0 radical (unpaired) electrons. The lowest BCUT2D eigenvalue weighted by atomic mass is 9.92. The van der Waals surface area contributed by atoms with Gasteiger partial charge in [-0.15, -0.1) is 0 Å².